The van der Waals surface area contributed by atoms with E-state index in [2.05, 4.69) is 4.98 Å². The minimum absolute atomic E-state index is 0.199. The van der Waals surface area contributed by atoms with Crippen LogP contribution in [-0.4, -0.2) is 22.1 Å². The summed E-state index contributed by atoms with van der Waals surface area (Å²) in [5.74, 6) is -1.61. The predicted molar refractivity (Wildman–Crippen MR) is 102 cm³/mol. The van der Waals surface area contributed by atoms with Crippen molar-refractivity contribution in [3.8, 4) is 0 Å². The van der Waals surface area contributed by atoms with Crippen LogP contribution in [0.15, 0.2) is 52.7 Å². The molecule has 0 aliphatic heterocycles. The van der Waals surface area contributed by atoms with E-state index in [1.54, 1.807) is 24.6 Å². The topological polar surface area (TPSA) is 44.1 Å². The van der Waals surface area contributed by atoms with Gasteiger partial charge in [0.05, 0.1) is 17.2 Å². The lowest BCUT2D eigenvalue weighted by Crippen LogP contribution is -2.06. The van der Waals surface area contributed by atoms with Crippen LogP contribution in [0.25, 0.3) is 17.0 Å². The highest BCUT2D eigenvalue weighted by atomic mass is 32.2. The Morgan fingerprint density at radius 3 is 2.69 bits per heavy atom. The highest BCUT2D eigenvalue weighted by Gasteiger charge is 2.32. The van der Waals surface area contributed by atoms with Crippen molar-refractivity contribution in [2.24, 2.45) is 7.05 Å². The summed E-state index contributed by atoms with van der Waals surface area (Å²) in [7, 11) is 1.74. The maximum atomic E-state index is 14.3. The maximum absolute atomic E-state index is 14.3. The number of benzene rings is 1. The number of fused-ring (bicyclic) bond motifs is 1. The number of hydrogen-bond donors (Lipinski definition) is 0. The standard InChI is InChI=1S/C20H16F4N2O2S/c1-3-28-17(27)9-8-14-13-6-4-5-7-16(13)26(2)19(14)29-18-15(21)10-12(11-25-18)20(22,23)24/h4-11H,3H2,1-2H3/b9-8+. The SMILES string of the molecule is CCOC(=O)/C=C/c1c(Sc2ncc(C(F)(F)F)cc2F)n(C)c2ccccc12. The zero-order valence-electron chi connectivity index (χ0n) is 15.5. The lowest BCUT2D eigenvalue weighted by molar-refractivity contribution is -0.138. The van der Waals surface area contributed by atoms with Gasteiger partial charge in [-0.3, -0.25) is 0 Å². The number of ether oxygens (including phenoxy) is 1. The molecule has 0 saturated heterocycles. The van der Waals surface area contributed by atoms with Gasteiger partial charge in [-0.05, 0) is 36.9 Å². The third-order valence-electron chi connectivity index (χ3n) is 4.09. The third-order valence-corrected chi connectivity index (χ3v) is 5.27. The van der Waals surface area contributed by atoms with Crippen LogP contribution in [0.1, 0.15) is 18.1 Å². The first kappa shape index (κ1) is 20.9. The van der Waals surface area contributed by atoms with E-state index in [4.69, 9.17) is 4.74 Å². The molecule has 0 unspecified atom stereocenters. The van der Waals surface area contributed by atoms with Crippen molar-refractivity contribution in [1.82, 2.24) is 9.55 Å². The van der Waals surface area contributed by atoms with Crippen molar-refractivity contribution >= 4 is 34.7 Å². The number of hydrogen-bond acceptors (Lipinski definition) is 4. The number of nitrogens with zero attached hydrogens (tertiary/aromatic N) is 2. The Morgan fingerprint density at radius 2 is 2.03 bits per heavy atom. The van der Waals surface area contributed by atoms with Gasteiger partial charge in [0.1, 0.15) is 5.03 Å². The Kier molecular flexibility index (Phi) is 5.97. The molecule has 0 fully saturated rings. The number of aromatic nitrogens is 2. The van der Waals surface area contributed by atoms with Gasteiger partial charge in [0.2, 0.25) is 0 Å². The second-order valence-electron chi connectivity index (χ2n) is 5.99. The van der Waals surface area contributed by atoms with Gasteiger partial charge in [0.25, 0.3) is 0 Å². The Labute approximate surface area is 168 Å². The summed E-state index contributed by atoms with van der Waals surface area (Å²) in [6, 6.07) is 7.74. The molecule has 0 radical (unpaired) electrons. The van der Waals surface area contributed by atoms with E-state index in [9.17, 15) is 22.4 Å². The van der Waals surface area contributed by atoms with Crippen molar-refractivity contribution in [3.05, 3.63) is 59.5 Å². The predicted octanol–water partition coefficient (Wildman–Crippen LogP) is 5.46. The van der Waals surface area contributed by atoms with Crippen LogP contribution >= 0.6 is 11.8 Å². The molecule has 2 aromatic heterocycles. The lowest BCUT2D eigenvalue weighted by Gasteiger charge is -2.09. The van der Waals surface area contributed by atoms with Gasteiger partial charge < -0.3 is 9.30 Å². The molecule has 0 saturated carbocycles. The minimum atomic E-state index is -4.68. The Bertz CT molecular complexity index is 1090. The number of carbonyl (C=O) groups is 1. The Hall–Kier alpha value is -2.81. The van der Waals surface area contributed by atoms with Crippen LogP contribution in [0.3, 0.4) is 0 Å². The second-order valence-corrected chi connectivity index (χ2v) is 6.97. The number of alkyl halides is 3. The zero-order chi connectivity index (χ0) is 21.2. The van der Waals surface area contributed by atoms with Gasteiger partial charge in [-0.15, -0.1) is 0 Å². The largest absolute Gasteiger partial charge is 0.463 e. The molecule has 152 valence electrons. The summed E-state index contributed by atoms with van der Waals surface area (Å²) in [5, 5.41) is 1.12. The van der Waals surface area contributed by atoms with E-state index in [0.29, 0.717) is 22.9 Å². The molecular formula is C20H16F4N2O2S. The summed E-state index contributed by atoms with van der Waals surface area (Å²) >= 11 is 0.884. The molecular weight excluding hydrogens is 408 g/mol. The number of esters is 1. The van der Waals surface area contributed by atoms with E-state index in [1.807, 2.05) is 24.3 Å². The van der Waals surface area contributed by atoms with Crippen molar-refractivity contribution in [2.45, 2.75) is 23.2 Å². The first-order chi connectivity index (χ1) is 13.7. The summed E-state index contributed by atoms with van der Waals surface area (Å²) in [4.78, 5) is 15.4. The minimum Gasteiger partial charge on any atom is -0.463 e. The van der Waals surface area contributed by atoms with Gasteiger partial charge >= 0.3 is 12.1 Å². The van der Waals surface area contributed by atoms with Crippen LogP contribution in [0.2, 0.25) is 0 Å². The third kappa shape index (κ3) is 4.45. The summed E-state index contributed by atoms with van der Waals surface area (Å²) in [6.45, 7) is 1.91. The van der Waals surface area contributed by atoms with Gasteiger partial charge in [-0.2, -0.15) is 13.2 Å². The molecule has 1 aromatic carbocycles. The molecule has 9 heteroatoms. The van der Waals surface area contributed by atoms with Gasteiger partial charge in [-0.25, -0.2) is 14.2 Å². The monoisotopic (exact) mass is 424 g/mol. The van der Waals surface area contributed by atoms with Crippen molar-refractivity contribution in [1.29, 1.82) is 0 Å². The Morgan fingerprint density at radius 1 is 1.31 bits per heavy atom. The number of rotatable bonds is 5. The molecule has 0 amide bonds. The molecule has 2 heterocycles. The summed E-state index contributed by atoms with van der Waals surface area (Å²) < 4.78 is 59.3. The van der Waals surface area contributed by atoms with Crippen LogP contribution in [0.5, 0.6) is 0 Å². The average Bonchev–Trinajstić information content (AvgIpc) is 2.93. The van der Waals surface area contributed by atoms with Crippen LogP contribution in [0, 0.1) is 5.82 Å². The molecule has 0 atom stereocenters. The number of para-hydroxylation sites is 1. The van der Waals surface area contributed by atoms with Gasteiger partial charge in [0.15, 0.2) is 5.82 Å². The average molecular weight is 424 g/mol. The quantitative estimate of drug-likeness (QED) is 0.310. The molecule has 0 N–H and O–H groups in total. The van der Waals surface area contributed by atoms with Crippen LogP contribution in [0.4, 0.5) is 17.6 Å². The number of pyridine rings is 1. The molecule has 0 bridgehead atoms. The van der Waals surface area contributed by atoms with E-state index in [0.717, 1.165) is 22.7 Å². The van der Waals surface area contributed by atoms with Crippen molar-refractivity contribution in [3.63, 3.8) is 0 Å². The molecule has 3 rings (SSSR count). The highest BCUT2D eigenvalue weighted by molar-refractivity contribution is 7.99. The fraction of sp³-hybridized carbons (Fsp3) is 0.200. The van der Waals surface area contributed by atoms with E-state index >= 15 is 0 Å². The number of halogens is 4. The molecule has 4 nitrogen and oxygen atoms in total. The van der Waals surface area contributed by atoms with Crippen molar-refractivity contribution < 1.29 is 27.1 Å². The smallest absolute Gasteiger partial charge is 0.417 e. The van der Waals surface area contributed by atoms with E-state index < -0.39 is 23.5 Å². The van der Waals surface area contributed by atoms with Crippen LogP contribution < -0.4 is 0 Å². The first-order valence-electron chi connectivity index (χ1n) is 8.55. The summed E-state index contributed by atoms with van der Waals surface area (Å²) in [6.07, 6.45) is -1.27. The molecule has 3 aromatic rings. The van der Waals surface area contributed by atoms with E-state index in [-0.39, 0.29) is 11.6 Å². The fourth-order valence-corrected chi connectivity index (χ4v) is 3.74. The second kappa shape index (κ2) is 8.28. The normalized spacial score (nSPS) is 12.1. The molecule has 0 aliphatic rings. The first-order valence-corrected chi connectivity index (χ1v) is 9.36. The fourth-order valence-electron chi connectivity index (χ4n) is 2.77. The molecule has 0 aliphatic carbocycles. The Balaban J connectivity index is 2.06. The van der Waals surface area contributed by atoms with Crippen LogP contribution in [-0.2, 0) is 22.8 Å². The van der Waals surface area contributed by atoms with Gasteiger partial charge in [0, 0.05) is 35.8 Å². The van der Waals surface area contributed by atoms with E-state index in [1.165, 1.54) is 6.08 Å². The summed E-state index contributed by atoms with van der Waals surface area (Å²) in [5.41, 5.74) is 0.270. The van der Waals surface area contributed by atoms with Crippen molar-refractivity contribution in [2.75, 3.05) is 6.61 Å². The number of aryl methyl sites for hydroxylation is 1. The number of carbonyl (C=O) groups excluding carboxylic acids is 1. The van der Waals surface area contributed by atoms with Gasteiger partial charge in [-0.1, -0.05) is 18.2 Å². The maximum Gasteiger partial charge on any atom is 0.417 e. The molecule has 0 spiro atoms. The molecule has 29 heavy (non-hydrogen) atoms. The lowest BCUT2D eigenvalue weighted by atomic mass is 10.1. The highest BCUT2D eigenvalue weighted by Crippen LogP contribution is 2.38. The zero-order valence-corrected chi connectivity index (χ0v) is 16.3.